The van der Waals surface area contributed by atoms with Crippen LogP contribution in [0.15, 0.2) is 91.4 Å². The summed E-state index contributed by atoms with van der Waals surface area (Å²) in [6, 6.07) is 26.0. The van der Waals surface area contributed by atoms with Gasteiger partial charge in [0, 0.05) is 11.5 Å². The smallest absolute Gasteiger partial charge is 0.226 e. The van der Waals surface area contributed by atoms with Crippen molar-refractivity contribution in [3.8, 4) is 0 Å². The zero-order chi connectivity index (χ0) is 15.9. The van der Waals surface area contributed by atoms with Crippen LogP contribution in [-0.2, 0) is 6.54 Å². The molecule has 2 nitrogen and oxygen atoms in total. The summed E-state index contributed by atoms with van der Waals surface area (Å²) in [7, 11) is 0. The molecule has 2 heterocycles. The van der Waals surface area contributed by atoms with Crippen molar-refractivity contribution in [1.29, 1.82) is 0 Å². The Morgan fingerprint density at radius 3 is 2.25 bits per heavy atom. The molecule has 2 heteroatoms. The number of pyridine rings is 1. The maximum Gasteiger partial charge on any atom is 0.287 e. The van der Waals surface area contributed by atoms with Crippen molar-refractivity contribution >= 4 is 27.2 Å². The van der Waals surface area contributed by atoms with Gasteiger partial charge in [0.05, 0.1) is 0 Å². The molecule has 0 bridgehead atoms. The Hall–Kier alpha value is -3.13. The van der Waals surface area contributed by atoms with Gasteiger partial charge in [0.15, 0.2) is 0 Å². The maximum atomic E-state index is 2.30. The summed E-state index contributed by atoms with van der Waals surface area (Å²) in [6.45, 7) is 0.875. The second-order valence-electron chi connectivity index (χ2n) is 6.28. The van der Waals surface area contributed by atoms with Crippen molar-refractivity contribution in [2.24, 2.45) is 0 Å². The van der Waals surface area contributed by atoms with E-state index in [-0.39, 0.29) is 0 Å². The molecule has 0 amide bonds. The molecule has 0 aliphatic heterocycles. The van der Waals surface area contributed by atoms with E-state index in [1.54, 1.807) is 0 Å². The minimum Gasteiger partial charge on any atom is -0.226 e. The lowest BCUT2D eigenvalue weighted by molar-refractivity contribution is -0.661. The molecular formula is C22H17N2+. The van der Waals surface area contributed by atoms with Crippen LogP contribution in [0.1, 0.15) is 5.56 Å². The normalized spacial score (nSPS) is 11.5. The number of hydrogen-bond acceptors (Lipinski definition) is 0. The minimum atomic E-state index is 0.875. The summed E-state index contributed by atoms with van der Waals surface area (Å²) >= 11 is 0. The molecule has 0 spiro atoms. The first-order valence-electron chi connectivity index (χ1n) is 8.23. The van der Waals surface area contributed by atoms with E-state index in [0.29, 0.717) is 0 Å². The maximum absolute atomic E-state index is 2.30. The van der Waals surface area contributed by atoms with Crippen LogP contribution >= 0.6 is 0 Å². The molecule has 0 saturated carbocycles. The largest absolute Gasteiger partial charge is 0.287 e. The molecule has 0 aliphatic rings. The molecule has 0 atom stereocenters. The highest BCUT2D eigenvalue weighted by Gasteiger charge is 2.11. The van der Waals surface area contributed by atoms with E-state index in [2.05, 4.69) is 100 Å². The zero-order valence-corrected chi connectivity index (χ0v) is 13.3. The summed E-state index contributed by atoms with van der Waals surface area (Å²) in [5.41, 5.74) is 2.53. The summed E-state index contributed by atoms with van der Waals surface area (Å²) in [4.78, 5) is 0. The van der Waals surface area contributed by atoms with E-state index in [0.717, 1.165) is 6.54 Å². The highest BCUT2D eigenvalue weighted by Crippen LogP contribution is 2.17. The Kier molecular flexibility index (Phi) is 2.89. The van der Waals surface area contributed by atoms with Crippen LogP contribution in [0.2, 0.25) is 0 Å². The van der Waals surface area contributed by atoms with Gasteiger partial charge in [-0.2, -0.15) is 0 Å². The second kappa shape index (κ2) is 5.20. The molecule has 24 heavy (non-hydrogen) atoms. The van der Waals surface area contributed by atoms with Crippen LogP contribution < -0.4 is 4.57 Å². The fourth-order valence-corrected chi connectivity index (χ4v) is 3.44. The topological polar surface area (TPSA) is 8.29 Å². The average Bonchev–Trinajstić information content (AvgIpc) is 3.01. The van der Waals surface area contributed by atoms with Gasteiger partial charge in [0.1, 0.15) is 25.1 Å². The Morgan fingerprint density at radius 1 is 0.708 bits per heavy atom. The molecule has 0 radical (unpaired) electrons. The first-order chi connectivity index (χ1) is 11.9. The molecule has 5 aromatic rings. The Balaban J connectivity index is 1.61. The molecule has 2 aromatic heterocycles. The highest BCUT2D eigenvalue weighted by atomic mass is 15.1. The molecule has 114 valence electrons. The van der Waals surface area contributed by atoms with E-state index in [4.69, 9.17) is 0 Å². The van der Waals surface area contributed by atoms with Crippen molar-refractivity contribution in [2.45, 2.75) is 6.54 Å². The Bertz CT molecular complexity index is 1180. The predicted molar refractivity (Wildman–Crippen MR) is 98.1 cm³/mol. The van der Waals surface area contributed by atoms with Gasteiger partial charge >= 0.3 is 0 Å². The van der Waals surface area contributed by atoms with Crippen molar-refractivity contribution in [2.75, 3.05) is 0 Å². The van der Waals surface area contributed by atoms with Crippen LogP contribution in [0.25, 0.3) is 27.2 Å². The number of rotatable bonds is 2. The number of aromatic nitrogens is 2. The molecule has 0 fully saturated rings. The van der Waals surface area contributed by atoms with Gasteiger partial charge in [0.25, 0.3) is 5.65 Å². The van der Waals surface area contributed by atoms with E-state index in [9.17, 15) is 0 Å². The number of hydrogen-bond donors (Lipinski definition) is 0. The lowest BCUT2D eigenvalue weighted by Crippen LogP contribution is -2.32. The summed E-state index contributed by atoms with van der Waals surface area (Å²) in [6.07, 6.45) is 6.48. The SMILES string of the molecule is c1ccc2cc(C[n+]3ccn4cc5ccccc5cc43)ccc2c1. The van der Waals surface area contributed by atoms with Crippen LogP contribution in [0, 0.1) is 0 Å². The van der Waals surface area contributed by atoms with Gasteiger partial charge in [-0.05, 0) is 27.8 Å². The monoisotopic (exact) mass is 309 g/mol. The van der Waals surface area contributed by atoms with E-state index < -0.39 is 0 Å². The summed E-state index contributed by atoms with van der Waals surface area (Å²) < 4.78 is 4.50. The number of nitrogens with zero attached hydrogens (tertiary/aromatic N) is 2. The van der Waals surface area contributed by atoms with Crippen LogP contribution in [-0.4, -0.2) is 4.40 Å². The first kappa shape index (κ1) is 13.3. The van der Waals surface area contributed by atoms with Gasteiger partial charge < -0.3 is 0 Å². The highest BCUT2D eigenvalue weighted by molar-refractivity contribution is 5.84. The number of benzene rings is 3. The predicted octanol–water partition coefficient (Wildman–Crippen LogP) is 4.58. The standard InChI is InChI=1S/C22H17N2/c1-2-6-19-13-17(9-10-18(19)5-1)15-23-11-12-24-16-21-8-4-3-7-20(21)14-22(23)24/h1-14,16H,15H2/q+1. The fraction of sp³-hybridized carbons (Fsp3) is 0.0455. The van der Waals surface area contributed by atoms with E-state index >= 15 is 0 Å². The van der Waals surface area contributed by atoms with Gasteiger partial charge in [-0.25, -0.2) is 8.97 Å². The lowest BCUT2D eigenvalue weighted by Gasteiger charge is -2.03. The van der Waals surface area contributed by atoms with Crippen LogP contribution in [0.5, 0.6) is 0 Å². The molecule has 3 aromatic carbocycles. The summed E-state index contributed by atoms with van der Waals surface area (Å²) in [5.74, 6) is 0. The Labute approximate surface area is 140 Å². The van der Waals surface area contributed by atoms with Crippen molar-refractivity contribution in [3.63, 3.8) is 0 Å². The molecule has 5 rings (SSSR count). The first-order valence-corrected chi connectivity index (χ1v) is 8.23. The van der Waals surface area contributed by atoms with Gasteiger partial charge in [-0.1, -0.05) is 60.7 Å². The van der Waals surface area contributed by atoms with Gasteiger partial charge in [0.2, 0.25) is 0 Å². The van der Waals surface area contributed by atoms with Gasteiger partial charge in [-0.3, -0.25) is 0 Å². The third-order valence-electron chi connectivity index (χ3n) is 4.69. The average molecular weight is 309 g/mol. The molecule has 0 N–H and O–H groups in total. The third-order valence-corrected chi connectivity index (χ3v) is 4.69. The van der Waals surface area contributed by atoms with E-state index in [1.807, 2.05) is 0 Å². The van der Waals surface area contributed by atoms with Gasteiger partial charge in [-0.15, -0.1) is 0 Å². The molecule has 0 saturated heterocycles. The quantitative estimate of drug-likeness (QED) is 0.422. The molecular weight excluding hydrogens is 292 g/mol. The molecule has 0 aliphatic carbocycles. The fourth-order valence-electron chi connectivity index (χ4n) is 3.44. The van der Waals surface area contributed by atoms with Crippen LogP contribution in [0.4, 0.5) is 0 Å². The minimum absolute atomic E-state index is 0.875. The Morgan fingerprint density at radius 2 is 1.42 bits per heavy atom. The van der Waals surface area contributed by atoms with Crippen LogP contribution in [0.3, 0.4) is 0 Å². The number of imidazole rings is 1. The molecule has 0 unspecified atom stereocenters. The number of fused-ring (bicyclic) bond motifs is 3. The zero-order valence-electron chi connectivity index (χ0n) is 13.3. The third kappa shape index (κ3) is 2.16. The van der Waals surface area contributed by atoms with E-state index in [1.165, 1.54) is 32.8 Å². The van der Waals surface area contributed by atoms with Crippen molar-refractivity contribution < 1.29 is 4.57 Å². The van der Waals surface area contributed by atoms with Crippen molar-refractivity contribution in [1.82, 2.24) is 4.40 Å². The summed E-state index contributed by atoms with van der Waals surface area (Å²) in [5, 5.41) is 5.12. The van der Waals surface area contributed by atoms with Crippen molar-refractivity contribution in [3.05, 3.63) is 97.0 Å². The lowest BCUT2D eigenvalue weighted by atomic mass is 10.1. The second-order valence-corrected chi connectivity index (χ2v) is 6.28.